The molecule has 4 heteroatoms. The Balaban J connectivity index is 0.000000185. The van der Waals surface area contributed by atoms with Gasteiger partial charge in [-0.25, -0.2) is 4.99 Å². The molecule has 0 fully saturated rings. The van der Waals surface area contributed by atoms with Gasteiger partial charge in [0.15, 0.2) is 0 Å². The average molecular weight is 337 g/mol. The number of rotatable bonds is 3. The van der Waals surface area contributed by atoms with Crippen LogP contribution in [0.1, 0.15) is 19.4 Å². The molecule has 0 radical (unpaired) electrons. The van der Waals surface area contributed by atoms with Crippen LogP contribution in [0.15, 0.2) is 59.5 Å². The van der Waals surface area contributed by atoms with Crippen molar-refractivity contribution in [1.29, 1.82) is 0 Å². The molecular formula is C20H28BNOSi. The molecule has 0 saturated carbocycles. The maximum absolute atomic E-state index is 5.56. The molecular weight excluding hydrogens is 309 g/mol. The molecule has 0 N–H and O–H groups in total. The van der Waals surface area contributed by atoms with Crippen LogP contribution in [0.3, 0.4) is 0 Å². The summed E-state index contributed by atoms with van der Waals surface area (Å²) >= 11 is 0. The van der Waals surface area contributed by atoms with E-state index in [9.17, 15) is 0 Å². The standard InChI is InChI=1S/C12H15NO.C8H13BSi/c1-9(2)11-8-14-12(13-11)10-6-4-3-5-7-10;1-10(2,3)8-6-4-5-7-9-8/h3-7,9,11H,8H2,1-2H3;4-7H,1-3H3/t11-;/m1./s1. The van der Waals surface area contributed by atoms with Gasteiger partial charge >= 0.3 is 63.9 Å². The SMILES string of the molecule is CC(C)[C@H]1COC(c2ccccc2)=N1.C[Si](C)(C)c1bcccc1. The normalized spacial score (nSPS) is 16.8. The number of aliphatic imine (C=N–C) groups is 1. The molecule has 126 valence electrons. The predicted octanol–water partition coefficient (Wildman–Crippen LogP) is 4.06. The van der Waals surface area contributed by atoms with Crippen LogP contribution in [-0.2, 0) is 4.74 Å². The predicted molar refractivity (Wildman–Crippen MR) is 108 cm³/mol. The zero-order valence-electron chi connectivity index (χ0n) is 15.5. The molecule has 1 aliphatic heterocycles. The number of hydrogen-bond acceptors (Lipinski definition) is 2. The second kappa shape index (κ2) is 8.43. The Morgan fingerprint density at radius 2 is 1.71 bits per heavy atom. The summed E-state index contributed by atoms with van der Waals surface area (Å²) in [5.74, 6) is 3.47. The maximum atomic E-state index is 5.56. The summed E-state index contributed by atoms with van der Waals surface area (Å²) < 4.78 is 5.56. The molecule has 1 aromatic carbocycles. The molecule has 2 nitrogen and oxygen atoms in total. The van der Waals surface area contributed by atoms with Crippen molar-refractivity contribution in [2.75, 3.05) is 6.61 Å². The van der Waals surface area contributed by atoms with E-state index < -0.39 is 8.07 Å². The average Bonchev–Trinajstić information content (AvgIpc) is 3.07. The van der Waals surface area contributed by atoms with E-state index >= 15 is 0 Å². The van der Waals surface area contributed by atoms with Crippen molar-refractivity contribution in [2.24, 2.45) is 10.9 Å². The number of nitrogens with zero attached hydrogens (tertiary/aromatic N) is 1. The van der Waals surface area contributed by atoms with E-state index in [4.69, 9.17) is 4.74 Å². The van der Waals surface area contributed by atoms with Gasteiger partial charge in [0.2, 0.25) is 5.90 Å². The van der Waals surface area contributed by atoms with Crippen molar-refractivity contribution in [3.05, 3.63) is 60.1 Å². The van der Waals surface area contributed by atoms with E-state index in [2.05, 4.69) is 69.6 Å². The first-order valence-electron chi connectivity index (χ1n) is 8.69. The van der Waals surface area contributed by atoms with Crippen LogP contribution in [0.25, 0.3) is 0 Å². The van der Waals surface area contributed by atoms with Gasteiger partial charge in [0, 0.05) is 5.56 Å². The molecule has 0 saturated heterocycles. The molecule has 0 bridgehead atoms. The van der Waals surface area contributed by atoms with Gasteiger partial charge in [-0.05, 0) is 18.1 Å². The Morgan fingerprint density at radius 1 is 1.04 bits per heavy atom. The van der Waals surface area contributed by atoms with E-state index in [1.807, 2.05) is 30.3 Å². The van der Waals surface area contributed by atoms with E-state index in [0.29, 0.717) is 12.0 Å². The van der Waals surface area contributed by atoms with E-state index in [1.165, 1.54) is 5.08 Å². The second-order valence-electron chi connectivity index (χ2n) is 7.54. The Bertz CT molecular complexity index is 650. The monoisotopic (exact) mass is 337 g/mol. The number of ether oxygens (including phenoxy) is 1. The first kappa shape index (κ1) is 18.7. The molecule has 2 aromatic rings. The molecule has 0 aliphatic carbocycles. The third-order valence-corrected chi connectivity index (χ3v) is 6.17. The minimum atomic E-state index is -1.03. The summed E-state index contributed by atoms with van der Waals surface area (Å²) in [5, 5.41) is 1.54. The molecule has 1 atom stereocenters. The van der Waals surface area contributed by atoms with E-state index in [1.54, 1.807) is 0 Å². The van der Waals surface area contributed by atoms with E-state index in [0.717, 1.165) is 18.1 Å². The van der Waals surface area contributed by atoms with Gasteiger partial charge < -0.3 is 4.74 Å². The van der Waals surface area contributed by atoms with Gasteiger partial charge in [0.25, 0.3) is 0 Å². The van der Waals surface area contributed by atoms with Crippen LogP contribution in [-0.4, -0.2) is 33.5 Å². The van der Waals surface area contributed by atoms with Gasteiger partial charge in [-0.15, -0.1) is 0 Å². The molecule has 0 amide bonds. The molecule has 1 aliphatic rings. The fraction of sp³-hybridized carbons (Fsp3) is 0.400. The third-order valence-electron chi connectivity index (χ3n) is 4.10. The zero-order valence-corrected chi connectivity index (χ0v) is 16.5. The molecule has 0 spiro atoms. The Kier molecular flexibility index (Phi) is 6.55. The van der Waals surface area contributed by atoms with Crippen LogP contribution in [0.5, 0.6) is 0 Å². The fourth-order valence-corrected chi connectivity index (χ4v) is 3.60. The van der Waals surface area contributed by atoms with Crippen molar-refractivity contribution >= 4 is 26.0 Å². The first-order valence-corrected chi connectivity index (χ1v) is 12.2. The minimum absolute atomic E-state index is 0.324. The van der Waals surface area contributed by atoms with Crippen molar-refractivity contribution in [2.45, 2.75) is 39.5 Å². The molecule has 0 unspecified atom stereocenters. The van der Waals surface area contributed by atoms with E-state index in [-0.39, 0.29) is 0 Å². The number of benzene rings is 1. The second-order valence-corrected chi connectivity index (χ2v) is 12.6. The summed E-state index contributed by atoms with van der Waals surface area (Å²) in [5.41, 5.74) is 1.08. The molecule has 1 aromatic heterocycles. The van der Waals surface area contributed by atoms with Gasteiger partial charge in [-0.3, -0.25) is 0 Å². The van der Waals surface area contributed by atoms with Crippen LogP contribution >= 0.6 is 0 Å². The first-order chi connectivity index (χ1) is 11.4. The third kappa shape index (κ3) is 5.45. The molecule has 24 heavy (non-hydrogen) atoms. The Morgan fingerprint density at radius 3 is 2.17 bits per heavy atom. The van der Waals surface area contributed by atoms with Crippen molar-refractivity contribution < 1.29 is 4.74 Å². The fourth-order valence-electron chi connectivity index (χ4n) is 2.41. The summed E-state index contributed by atoms with van der Waals surface area (Å²) in [7, 11) is -1.03. The summed E-state index contributed by atoms with van der Waals surface area (Å²) in [4.78, 5) is 4.55. The topological polar surface area (TPSA) is 21.6 Å². The molecule has 2 heterocycles. The number of hydrogen-bond donors (Lipinski definition) is 0. The zero-order chi connectivity index (χ0) is 17.6. The van der Waals surface area contributed by atoms with Gasteiger partial charge in [-0.1, -0.05) is 32.0 Å². The molecule has 3 rings (SSSR count). The summed E-state index contributed by atoms with van der Waals surface area (Å²) in [6.45, 7) is 14.4. The summed E-state index contributed by atoms with van der Waals surface area (Å²) in [6, 6.07) is 16.8. The van der Waals surface area contributed by atoms with Gasteiger partial charge in [-0.2, -0.15) is 0 Å². The van der Waals surface area contributed by atoms with Crippen LogP contribution < -0.4 is 5.08 Å². The van der Waals surface area contributed by atoms with Crippen LogP contribution in [0.2, 0.25) is 19.6 Å². The van der Waals surface area contributed by atoms with Crippen molar-refractivity contribution in [1.82, 2.24) is 0 Å². The van der Waals surface area contributed by atoms with Crippen molar-refractivity contribution in [3.8, 4) is 0 Å². The Labute approximate surface area is 148 Å². The van der Waals surface area contributed by atoms with Gasteiger partial charge in [0.1, 0.15) is 6.61 Å². The van der Waals surface area contributed by atoms with Crippen molar-refractivity contribution in [3.63, 3.8) is 0 Å². The quantitative estimate of drug-likeness (QED) is 0.774. The van der Waals surface area contributed by atoms with Crippen LogP contribution in [0.4, 0.5) is 0 Å². The van der Waals surface area contributed by atoms with Gasteiger partial charge in [0.05, 0.1) is 6.04 Å². The Hall–Kier alpha value is -1.68. The van der Waals surface area contributed by atoms with Crippen LogP contribution in [0, 0.1) is 5.92 Å². The summed E-state index contributed by atoms with van der Waals surface area (Å²) in [6.07, 6.45) is 0.